The van der Waals surface area contributed by atoms with Gasteiger partial charge in [-0.1, -0.05) is 62.3 Å². The SMILES string of the molecule is CC[C@@H](C(=O)O)C1O[C@@H]([C@@H](C)[C@H](O)[C@H](C)C(=O)[C@H](CC)[C@H]2O[C@]3(C=C[C@@H](O)[C@]4(CC[C@@](C)([C@H]5CC[C@](O)(CC)[C@H](C)O5)O4)O3)[C@H](C)C[C@@H]2C)[C@@H](C)C[C@@H]1C. The Balaban J connectivity index is 1.32. The first-order chi connectivity index (χ1) is 25.2. The van der Waals surface area contributed by atoms with E-state index in [4.69, 9.17) is 23.7 Å². The van der Waals surface area contributed by atoms with Crippen molar-refractivity contribution in [2.75, 3.05) is 0 Å². The van der Waals surface area contributed by atoms with Crippen LogP contribution in [0.3, 0.4) is 0 Å². The van der Waals surface area contributed by atoms with Gasteiger partial charge in [-0.05, 0) is 95.1 Å². The molecule has 0 aliphatic carbocycles. The molecular formula is C43H72O11. The maximum atomic E-state index is 14.5. The van der Waals surface area contributed by atoms with E-state index in [-0.39, 0.29) is 47.8 Å². The minimum absolute atomic E-state index is 0.0104. The maximum absolute atomic E-state index is 14.5. The molecule has 4 N–H and O–H groups in total. The number of aliphatic hydroxyl groups is 3. The van der Waals surface area contributed by atoms with Gasteiger partial charge in [0.2, 0.25) is 5.79 Å². The smallest absolute Gasteiger partial charge is 0.309 e. The largest absolute Gasteiger partial charge is 0.481 e. The van der Waals surface area contributed by atoms with Crippen molar-refractivity contribution < 1.29 is 53.7 Å². The molecule has 0 aromatic carbocycles. The number of carbonyl (C=O) groups is 2. The molecular weight excluding hydrogens is 692 g/mol. The van der Waals surface area contributed by atoms with E-state index in [1.165, 1.54) is 0 Å². The second kappa shape index (κ2) is 16.4. The van der Waals surface area contributed by atoms with Gasteiger partial charge in [-0.3, -0.25) is 9.59 Å². The number of ether oxygens (including phenoxy) is 5. The molecule has 0 radical (unpaired) electrons. The number of aliphatic hydroxyl groups excluding tert-OH is 2. The lowest BCUT2D eigenvalue weighted by Gasteiger charge is -2.54. The molecule has 0 saturated carbocycles. The number of carboxylic acid groups (broad SMARTS) is 1. The zero-order chi connectivity index (χ0) is 40.1. The molecule has 5 aliphatic rings. The van der Waals surface area contributed by atoms with Crippen LogP contribution in [0.1, 0.15) is 134 Å². The molecule has 0 aromatic heterocycles. The van der Waals surface area contributed by atoms with E-state index in [0.29, 0.717) is 51.4 Å². The molecule has 0 bridgehead atoms. The number of hydrogen-bond donors (Lipinski definition) is 4. The van der Waals surface area contributed by atoms with Gasteiger partial charge in [-0.25, -0.2) is 0 Å². The van der Waals surface area contributed by atoms with Crippen LogP contribution in [0.4, 0.5) is 0 Å². The van der Waals surface area contributed by atoms with Gasteiger partial charge >= 0.3 is 5.97 Å². The van der Waals surface area contributed by atoms with E-state index in [1.54, 1.807) is 19.1 Å². The zero-order valence-electron chi connectivity index (χ0n) is 34.8. The number of rotatable bonds is 12. The monoisotopic (exact) mass is 765 g/mol. The van der Waals surface area contributed by atoms with E-state index < -0.39 is 76.8 Å². The number of carbonyl (C=O) groups excluding carboxylic acids is 1. The first kappa shape index (κ1) is 43.7. The average molecular weight is 765 g/mol. The summed E-state index contributed by atoms with van der Waals surface area (Å²) < 4.78 is 33.6. The lowest BCUT2D eigenvalue weighted by Crippen LogP contribution is -2.63. The van der Waals surface area contributed by atoms with Crippen LogP contribution >= 0.6 is 0 Å². The fourth-order valence-electron chi connectivity index (χ4n) is 10.9. The second-order valence-corrected chi connectivity index (χ2v) is 18.5. The first-order valence-electron chi connectivity index (χ1n) is 21.1. The molecule has 0 aromatic rings. The van der Waals surface area contributed by atoms with Crippen LogP contribution in [0.5, 0.6) is 0 Å². The molecule has 0 amide bonds. The highest BCUT2D eigenvalue weighted by molar-refractivity contribution is 5.84. The molecule has 54 heavy (non-hydrogen) atoms. The van der Waals surface area contributed by atoms with Crippen LogP contribution < -0.4 is 0 Å². The van der Waals surface area contributed by atoms with Gasteiger partial charge in [0.25, 0.3) is 0 Å². The number of hydrogen-bond acceptors (Lipinski definition) is 10. The van der Waals surface area contributed by atoms with Crippen molar-refractivity contribution in [3.63, 3.8) is 0 Å². The zero-order valence-corrected chi connectivity index (χ0v) is 34.8. The van der Waals surface area contributed by atoms with Gasteiger partial charge in [0, 0.05) is 30.1 Å². The lowest BCUT2D eigenvalue weighted by molar-refractivity contribution is -0.409. The minimum atomic E-state index is -1.37. The van der Waals surface area contributed by atoms with Crippen molar-refractivity contribution >= 4 is 11.8 Å². The molecule has 2 spiro atoms. The fourth-order valence-corrected chi connectivity index (χ4v) is 10.9. The highest BCUT2D eigenvalue weighted by Gasteiger charge is 2.63. The topological polar surface area (TPSA) is 161 Å². The number of aliphatic carboxylic acids is 1. The Kier molecular flexibility index (Phi) is 13.3. The Labute approximate surface area is 323 Å². The van der Waals surface area contributed by atoms with Crippen molar-refractivity contribution in [2.45, 2.75) is 199 Å². The van der Waals surface area contributed by atoms with Gasteiger partial charge in [0.15, 0.2) is 5.79 Å². The molecule has 5 aliphatic heterocycles. The predicted octanol–water partition coefficient (Wildman–Crippen LogP) is 6.43. The van der Waals surface area contributed by atoms with Crippen molar-refractivity contribution in [1.29, 1.82) is 0 Å². The Hall–Kier alpha value is -1.44. The molecule has 5 rings (SSSR count). The van der Waals surface area contributed by atoms with Crippen LogP contribution in [0.15, 0.2) is 12.2 Å². The third-order valence-corrected chi connectivity index (χ3v) is 14.8. The van der Waals surface area contributed by atoms with Crippen molar-refractivity contribution in [1.82, 2.24) is 0 Å². The molecule has 19 atom stereocenters. The Morgan fingerprint density at radius 3 is 2.07 bits per heavy atom. The highest BCUT2D eigenvalue weighted by Crippen LogP contribution is 2.54. The number of ketones is 1. The van der Waals surface area contributed by atoms with Gasteiger partial charge in [0.1, 0.15) is 11.9 Å². The van der Waals surface area contributed by atoms with E-state index in [2.05, 4.69) is 20.8 Å². The van der Waals surface area contributed by atoms with Crippen LogP contribution in [-0.4, -0.2) is 97.7 Å². The number of Topliss-reactive ketones (excluding diaryl/α,β-unsaturated/α-hetero) is 1. The van der Waals surface area contributed by atoms with Crippen LogP contribution in [0.25, 0.3) is 0 Å². The van der Waals surface area contributed by atoms with Gasteiger partial charge in [0.05, 0.1) is 53.7 Å². The van der Waals surface area contributed by atoms with E-state index in [0.717, 1.165) is 6.42 Å². The van der Waals surface area contributed by atoms with Gasteiger partial charge < -0.3 is 44.1 Å². The molecule has 4 fully saturated rings. The quantitative estimate of drug-likeness (QED) is 0.162. The van der Waals surface area contributed by atoms with Crippen molar-refractivity contribution in [3.05, 3.63) is 12.2 Å². The molecule has 11 heteroatoms. The standard InChI is InChI=1S/C43H72O11/c1-12-30(35(46)27(8)34(45)28(9)36-23(4)21-24(5)37(51-36)31(13-2)39(47)48)38-25(6)22-26(7)42(52-38)18-15-32(44)43(54-42)20-19-40(11,53-43)33-16-17-41(49,14-3)29(10)50-33/h15,18,23-34,36-38,44-45,49H,12-14,16-17,19-22H2,1-11H3,(H,47,48)/t23-,24-,25-,26+,27-,28-,29-,30-,31+,32+,33+,34+,36+,37?,38-,40-,41+,42-,43-/m0/s1. The van der Waals surface area contributed by atoms with E-state index in [1.807, 2.05) is 48.5 Å². The summed E-state index contributed by atoms with van der Waals surface area (Å²) in [4.78, 5) is 26.6. The second-order valence-electron chi connectivity index (χ2n) is 18.5. The Bertz CT molecular complexity index is 1360. The van der Waals surface area contributed by atoms with Gasteiger partial charge in [-0.15, -0.1) is 0 Å². The third-order valence-electron chi connectivity index (χ3n) is 14.8. The Morgan fingerprint density at radius 1 is 0.852 bits per heavy atom. The van der Waals surface area contributed by atoms with Crippen LogP contribution in [-0.2, 0) is 33.3 Å². The molecule has 1 unspecified atom stereocenters. The maximum Gasteiger partial charge on any atom is 0.309 e. The summed E-state index contributed by atoms with van der Waals surface area (Å²) in [5, 5.41) is 44.2. The van der Waals surface area contributed by atoms with Crippen LogP contribution in [0.2, 0.25) is 0 Å². The summed E-state index contributed by atoms with van der Waals surface area (Å²) in [6.07, 6.45) is 4.75. The first-order valence-corrected chi connectivity index (χ1v) is 21.1. The highest BCUT2D eigenvalue weighted by atomic mass is 16.8. The lowest BCUT2D eigenvalue weighted by atomic mass is 9.72. The summed E-state index contributed by atoms with van der Waals surface area (Å²) >= 11 is 0. The minimum Gasteiger partial charge on any atom is -0.481 e. The number of carboxylic acids is 1. The summed E-state index contributed by atoms with van der Waals surface area (Å²) in [6, 6.07) is 0. The molecule has 11 nitrogen and oxygen atoms in total. The average Bonchev–Trinajstić information content (AvgIpc) is 3.47. The van der Waals surface area contributed by atoms with Gasteiger partial charge in [-0.2, -0.15) is 0 Å². The summed E-state index contributed by atoms with van der Waals surface area (Å²) in [5.74, 6) is -5.80. The Morgan fingerprint density at radius 2 is 1.48 bits per heavy atom. The predicted molar refractivity (Wildman–Crippen MR) is 203 cm³/mol. The van der Waals surface area contributed by atoms with Crippen molar-refractivity contribution in [2.24, 2.45) is 47.3 Å². The van der Waals surface area contributed by atoms with Crippen molar-refractivity contribution in [3.8, 4) is 0 Å². The third kappa shape index (κ3) is 7.88. The van der Waals surface area contributed by atoms with E-state index >= 15 is 0 Å². The normalized spacial score (nSPS) is 46.9. The summed E-state index contributed by atoms with van der Waals surface area (Å²) in [6.45, 7) is 21.7. The van der Waals surface area contributed by atoms with Crippen LogP contribution in [0, 0.1) is 47.3 Å². The van der Waals surface area contributed by atoms with E-state index in [9.17, 15) is 30.0 Å². The molecule has 5 heterocycles. The molecule has 310 valence electrons. The molecule has 4 saturated heterocycles. The summed E-state index contributed by atoms with van der Waals surface area (Å²) in [7, 11) is 0. The fraction of sp³-hybridized carbons (Fsp3) is 0.907. The summed E-state index contributed by atoms with van der Waals surface area (Å²) in [5.41, 5.74) is -1.63.